The molecule has 0 fully saturated rings. The summed E-state index contributed by atoms with van der Waals surface area (Å²) in [7, 11) is 0. The third kappa shape index (κ3) is 4.58. The Morgan fingerprint density at radius 3 is 2.23 bits per heavy atom. The van der Waals surface area contributed by atoms with E-state index < -0.39 is 16.9 Å². The van der Waals surface area contributed by atoms with Gasteiger partial charge in [-0.2, -0.15) is 0 Å². The summed E-state index contributed by atoms with van der Waals surface area (Å²) in [5.74, 6) is -1.42. The van der Waals surface area contributed by atoms with Gasteiger partial charge in [0.1, 0.15) is 11.6 Å². The number of nitrogens with zero attached hydrogens (tertiary/aromatic N) is 1. The molecule has 2 rings (SSSR count). The predicted molar refractivity (Wildman–Crippen MR) is 94.2 cm³/mol. The van der Waals surface area contributed by atoms with Gasteiger partial charge in [-0.15, -0.1) is 0 Å². The van der Waals surface area contributed by atoms with E-state index in [-0.39, 0.29) is 40.6 Å². The molecule has 0 saturated heterocycles. The molecule has 0 aliphatic heterocycles. The number of carbonyl (C=O) groups excluding carboxylic acids is 2. The fourth-order valence-electron chi connectivity index (χ4n) is 2.21. The van der Waals surface area contributed by atoms with Crippen molar-refractivity contribution >= 4 is 29.2 Å². The molecule has 136 valence electrons. The first-order valence-electron chi connectivity index (χ1n) is 7.80. The van der Waals surface area contributed by atoms with Gasteiger partial charge in [0.25, 0.3) is 5.69 Å². The van der Waals surface area contributed by atoms with E-state index >= 15 is 0 Å². The highest BCUT2D eigenvalue weighted by molar-refractivity contribution is 6.32. The zero-order valence-electron chi connectivity index (χ0n) is 13.9. The Labute approximate surface area is 154 Å². The minimum absolute atomic E-state index is 0.0262. The summed E-state index contributed by atoms with van der Waals surface area (Å²) in [4.78, 5) is 34.9. The van der Waals surface area contributed by atoms with E-state index in [0.29, 0.717) is 6.42 Å². The molecular formula is C18H16ClNO6. The predicted octanol–water partition coefficient (Wildman–Crippen LogP) is 4.17. The molecule has 0 aliphatic carbocycles. The van der Waals surface area contributed by atoms with Crippen molar-refractivity contribution in [3.8, 4) is 0 Å². The molecule has 0 N–H and O–H groups in total. The molecule has 0 radical (unpaired) electrons. The molecule has 0 unspecified atom stereocenters. The van der Waals surface area contributed by atoms with E-state index in [2.05, 4.69) is 0 Å². The van der Waals surface area contributed by atoms with Gasteiger partial charge in [0, 0.05) is 0 Å². The van der Waals surface area contributed by atoms with Gasteiger partial charge < -0.3 is 9.47 Å². The molecular weight excluding hydrogens is 362 g/mol. The van der Waals surface area contributed by atoms with Crippen molar-refractivity contribution in [2.45, 2.75) is 20.0 Å². The number of ether oxygens (including phenoxy) is 2. The number of halogens is 1. The van der Waals surface area contributed by atoms with Crippen LogP contribution >= 0.6 is 11.6 Å². The van der Waals surface area contributed by atoms with Crippen molar-refractivity contribution in [3.05, 3.63) is 74.3 Å². The number of carbonyl (C=O) groups is 2. The van der Waals surface area contributed by atoms with E-state index in [4.69, 9.17) is 21.1 Å². The maximum Gasteiger partial charge on any atom is 0.339 e. The van der Waals surface area contributed by atoms with Crippen LogP contribution in [0.15, 0.2) is 42.5 Å². The Kier molecular flexibility index (Phi) is 6.68. The normalized spacial score (nSPS) is 10.2. The topological polar surface area (TPSA) is 95.7 Å². The SMILES string of the molecule is CCCOC(=O)c1ccccc1C(=O)OCc1cccc(Cl)c1[N+](=O)[O-]. The minimum Gasteiger partial charge on any atom is -0.462 e. The van der Waals surface area contributed by atoms with Crippen LogP contribution < -0.4 is 0 Å². The number of nitro benzene ring substituents is 1. The van der Waals surface area contributed by atoms with Gasteiger partial charge in [-0.1, -0.05) is 36.7 Å². The third-order valence-corrected chi connectivity index (χ3v) is 3.72. The average Bonchev–Trinajstić information content (AvgIpc) is 2.63. The summed E-state index contributed by atoms with van der Waals surface area (Å²) in [5.41, 5.74) is -0.0654. The molecule has 0 aliphatic rings. The molecule has 0 bridgehead atoms. The lowest BCUT2D eigenvalue weighted by molar-refractivity contribution is -0.385. The lowest BCUT2D eigenvalue weighted by Gasteiger charge is -2.10. The van der Waals surface area contributed by atoms with E-state index in [9.17, 15) is 19.7 Å². The minimum atomic E-state index is -0.789. The highest BCUT2D eigenvalue weighted by atomic mass is 35.5. The first kappa shape index (κ1) is 19.4. The van der Waals surface area contributed by atoms with Crippen LogP contribution in [-0.4, -0.2) is 23.5 Å². The average molecular weight is 378 g/mol. The lowest BCUT2D eigenvalue weighted by Crippen LogP contribution is -2.14. The zero-order valence-corrected chi connectivity index (χ0v) is 14.7. The summed E-state index contributed by atoms with van der Waals surface area (Å²) >= 11 is 5.83. The highest BCUT2D eigenvalue weighted by Crippen LogP contribution is 2.29. The molecule has 7 nitrogen and oxygen atoms in total. The lowest BCUT2D eigenvalue weighted by atomic mass is 10.1. The molecule has 26 heavy (non-hydrogen) atoms. The molecule has 2 aromatic carbocycles. The summed E-state index contributed by atoms with van der Waals surface area (Å²) in [5, 5.41) is 11.1. The number of benzene rings is 2. The second-order valence-electron chi connectivity index (χ2n) is 5.26. The summed E-state index contributed by atoms with van der Waals surface area (Å²) in [6.07, 6.45) is 0.650. The Bertz CT molecular complexity index is 836. The van der Waals surface area contributed by atoms with E-state index in [1.165, 1.54) is 30.3 Å². The third-order valence-electron chi connectivity index (χ3n) is 3.42. The second-order valence-corrected chi connectivity index (χ2v) is 5.67. The maximum atomic E-state index is 12.4. The first-order valence-corrected chi connectivity index (χ1v) is 8.18. The molecule has 0 aromatic heterocycles. The van der Waals surface area contributed by atoms with Crippen molar-refractivity contribution in [1.82, 2.24) is 0 Å². The van der Waals surface area contributed by atoms with Gasteiger partial charge in [-0.3, -0.25) is 10.1 Å². The number of hydrogen-bond donors (Lipinski definition) is 0. The van der Waals surface area contributed by atoms with Crippen molar-refractivity contribution in [3.63, 3.8) is 0 Å². The van der Waals surface area contributed by atoms with Gasteiger partial charge in [0.05, 0.1) is 28.2 Å². The highest BCUT2D eigenvalue weighted by Gasteiger charge is 2.22. The Morgan fingerprint density at radius 2 is 1.65 bits per heavy atom. The Morgan fingerprint density at radius 1 is 1.04 bits per heavy atom. The summed E-state index contributed by atoms with van der Waals surface area (Å²) < 4.78 is 10.2. The zero-order chi connectivity index (χ0) is 19.1. The monoisotopic (exact) mass is 377 g/mol. The van der Waals surface area contributed by atoms with Crippen LogP contribution in [0.25, 0.3) is 0 Å². The van der Waals surface area contributed by atoms with Crippen LogP contribution in [-0.2, 0) is 16.1 Å². The van der Waals surface area contributed by atoms with E-state index in [1.807, 2.05) is 6.92 Å². The molecule has 0 spiro atoms. The fraction of sp³-hybridized carbons (Fsp3) is 0.222. The van der Waals surface area contributed by atoms with Crippen molar-refractivity contribution < 1.29 is 24.0 Å². The summed E-state index contributed by atoms with van der Waals surface area (Å²) in [6.45, 7) is 1.73. The van der Waals surface area contributed by atoms with Crippen LogP contribution in [0.1, 0.15) is 39.6 Å². The Balaban J connectivity index is 2.18. The quantitative estimate of drug-likeness (QED) is 0.408. The van der Waals surface area contributed by atoms with Gasteiger partial charge in [0.15, 0.2) is 0 Å². The molecule has 0 heterocycles. The maximum absolute atomic E-state index is 12.4. The van der Waals surface area contributed by atoms with Crippen molar-refractivity contribution in [2.75, 3.05) is 6.61 Å². The van der Waals surface area contributed by atoms with E-state index in [1.54, 1.807) is 12.1 Å². The van der Waals surface area contributed by atoms with Crippen LogP contribution in [0.5, 0.6) is 0 Å². The number of hydrogen-bond acceptors (Lipinski definition) is 6. The molecule has 8 heteroatoms. The van der Waals surface area contributed by atoms with Crippen molar-refractivity contribution in [1.29, 1.82) is 0 Å². The van der Waals surface area contributed by atoms with Crippen LogP contribution in [0.2, 0.25) is 5.02 Å². The largest absolute Gasteiger partial charge is 0.462 e. The van der Waals surface area contributed by atoms with Gasteiger partial charge >= 0.3 is 11.9 Å². The number of nitro groups is 1. The van der Waals surface area contributed by atoms with E-state index in [0.717, 1.165) is 0 Å². The van der Waals surface area contributed by atoms with Gasteiger partial charge in [-0.25, -0.2) is 9.59 Å². The number of para-hydroxylation sites is 1. The Hall–Kier alpha value is -2.93. The van der Waals surface area contributed by atoms with Crippen LogP contribution in [0, 0.1) is 10.1 Å². The first-order chi connectivity index (χ1) is 12.5. The molecule has 0 amide bonds. The van der Waals surface area contributed by atoms with Gasteiger partial charge in [-0.05, 0) is 30.7 Å². The molecule has 2 aromatic rings. The second kappa shape index (κ2) is 8.96. The molecule has 0 saturated carbocycles. The summed E-state index contributed by atoms with van der Waals surface area (Å²) in [6, 6.07) is 10.4. The van der Waals surface area contributed by atoms with Gasteiger partial charge in [0.2, 0.25) is 0 Å². The smallest absolute Gasteiger partial charge is 0.339 e. The standard InChI is InChI=1S/C18H16ClNO6/c1-2-10-25-17(21)13-7-3-4-8-14(13)18(22)26-11-12-6-5-9-15(19)16(12)20(23)24/h3-9H,2,10-11H2,1H3. The van der Waals surface area contributed by atoms with Crippen LogP contribution in [0.4, 0.5) is 5.69 Å². The number of esters is 2. The van der Waals surface area contributed by atoms with Crippen LogP contribution in [0.3, 0.4) is 0 Å². The number of rotatable bonds is 7. The van der Waals surface area contributed by atoms with Crippen molar-refractivity contribution in [2.24, 2.45) is 0 Å². The molecule has 0 atom stereocenters. The fourth-order valence-corrected chi connectivity index (χ4v) is 2.48.